The predicted molar refractivity (Wildman–Crippen MR) is 64.2 cm³/mol. The Labute approximate surface area is 107 Å². The lowest BCUT2D eigenvalue weighted by Gasteiger charge is -2.29. The Kier molecular flexibility index (Phi) is 5.13. The quantitative estimate of drug-likeness (QED) is 0.452. The van der Waals surface area contributed by atoms with E-state index >= 15 is 0 Å². The van der Waals surface area contributed by atoms with Crippen molar-refractivity contribution in [2.24, 2.45) is 0 Å². The number of hydroxylamine groups is 2. The van der Waals surface area contributed by atoms with Crippen LogP contribution in [0.3, 0.4) is 0 Å². The number of hydrogen-bond donors (Lipinski definition) is 2. The number of aliphatic hydroxyl groups is 1. The van der Waals surface area contributed by atoms with E-state index in [0.717, 1.165) is 0 Å². The Bertz CT molecular complexity index is 310. The van der Waals surface area contributed by atoms with Gasteiger partial charge in [-0.3, -0.25) is 5.21 Å². The molecule has 0 radical (unpaired) electrons. The van der Waals surface area contributed by atoms with Gasteiger partial charge in [0.05, 0.1) is 25.4 Å². The molecule has 0 saturated carbocycles. The minimum atomic E-state index is -0.797. The van der Waals surface area contributed by atoms with Crippen molar-refractivity contribution in [3.05, 3.63) is 12.2 Å². The van der Waals surface area contributed by atoms with E-state index in [9.17, 15) is 10.0 Å². The lowest BCUT2D eigenvalue weighted by molar-refractivity contribution is -0.142. The minimum absolute atomic E-state index is 0.102. The van der Waals surface area contributed by atoms with Crippen molar-refractivity contribution in [1.29, 1.82) is 0 Å². The number of rotatable bonds is 4. The predicted octanol–water partition coefficient (Wildman–Crippen LogP) is 1.32. The highest BCUT2D eigenvalue weighted by molar-refractivity contribution is 5.67. The normalized spacial score (nSPS) is 23.2. The van der Waals surface area contributed by atoms with Crippen molar-refractivity contribution in [1.82, 2.24) is 5.06 Å². The van der Waals surface area contributed by atoms with E-state index in [0.29, 0.717) is 11.5 Å². The second-order valence-corrected chi connectivity index (χ2v) is 5.12. The average Bonchev–Trinajstić information content (AvgIpc) is 2.70. The summed E-state index contributed by atoms with van der Waals surface area (Å²) in [7, 11) is 0. The average molecular weight is 259 g/mol. The molecule has 1 aliphatic carbocycles. The van der Waals surface area contributed by atoms with Crippen LogP contribution >= 0.6 is 0 Å². The summed E-state index contributed by atoms with van der Waals surface area (Å²) in [5, 5.41) is 19.1. The maximum absolute atomic E-state index is 11.7. The molecule has 0 fully saturated rings. The van der Waals surface area contributed by atoms with Crippen LogP contribution in [0.5, 0.6) is 0 Å². The summed E-state index contributed by atoms with van der Waals surface area (Å²) in [4.78, 5) is 11.7. The van der Waals surface area contributed by atoms with Crippen LogP contribution in [0.4, 0.5) is 4.79 Å². The van der Waals surface area contributed by atoms with Crippen molar-refractivity contribution in [3.8, 4) is 0 Å². The van der Waals surface area contributed by atoms with Gasteiger partial charge in [0.15, 0.2) is 0 Å². The van der Waals surface area contributed by atoms with Crippen molar-refractivity contribution in [2.45, 2.75) is 44.9 Å². The fourth-order valence-corrected chi connectivity index (χ4v) is 1.65. The highest BCUT2D eigenvalue weighted by atomic mass is 16.6. The largest absolute Gasteiger partial charge is 0.442 e. The van der Waals surface area contributed by atoms with E-state index in [2.05, 4.69) is 0 Å². The van der Waals surface area contributed by atoms with Crippen LogP contribution in [0, 0.1) is 0 Å². The summed E-state index contributed by atoms with van der Waals surface area (Å²) in [5.74, 6) is 0. The molecule has 0 aromatic rings. The molecule has 0 unspecified atom stereocenters. The molecule has 0 heterocycles. The van der Waals surface area contributed by atoms with Gasteiger partial charge in [-0.25, -0.2) is 4.79 Å². The molecule has 1 rings (SSSR count). The number of hydrogen-bond acceptors (Lipinski definition) is 5. The van der Waals surface area contributed by atoms with Gasteiger partial charge < -0.3 is 14.6 Å². The zero-order chi connectivity index (χ0) is 13.8. The van der Waals surface area contributed by atoms with Gasteiger partial charge in [-0.15, -0.1) is 0 Å². The van der Waals surface area contributed by atoms with E-state index in [1.165, 1.54) is 0 Å². The fourth-order valence-electron chi connectivity index (χ4n) is 1.65. The second kappa shape index (κ2) is 6.17. The molecule has 6 heteroatoms. The third-order valence-corrected chi connectivity index (χ3v) is 2.38. The Morgan fingerprint density at radius 1 is 1.50 bits per heavy atom. The van der Waals surface area contributed by atoms with Gasteiger partial charge in [0, 0.05) is 0 Å². The van der Waals surface area contributed by atoms with Crippen LogP contribution in [0.15, 0.2) is 12.2 Å². The summed E-state index contributed by atoms with van der Waals surface area (Å²) >= 11 is 0. The fraction of sp³-hybridized carbons (Fsp3) is 0.750. The van der Waals surface area contributed by atoms with Crippen LogP contribution in [0.1, 0.15) is 27.2 Å². The number of ether oxygens (including phenoxy) is 2. The SMILES string of the molecule is CC(C)(C)OC(=O)N(O)[C@@H]1CC=C[C@H]1OCCO. The third kappa shape index (κ3) is 4.29. The van der Waals surface area contributed by atoms with Crippen molar-refractivity contribution >= 4 is 6.09 Å². The maximum atomic E-state index is 11.7. The standard InChI is InChI=1S/C12H21NO5/c1-12(2,3)18-11(15)13(16)9-5-4-6-10(9)17-8-7-14/h4,6,9-10,14,16H,5,7-8H2,1-3H3/t9-,10-/m1/s1. The van der Waals surface area contributed by atoms with E-state index in [-0.39, 0.29) is 13.2 Å². The number of amides is 1. The zero-order valence-electron chi connectivity index (χ0n) is 11.0. The van der Waals surface area contributed by atoms with Gasteiger partial charge in [-0.1, -0.05) is 12.2 Å². The molecule has 0 aliphatic heterocycles. The first kappa shape index (κ1) is 14.9. The molecular weight excluding hydrogens is 238 g/mol. The van der Waals surface area contributed by atoms with Gasteiger partial charge in [0.1, 0.15) is 5.60 Å². The first-order chi connectivity index (χ1) is 8.35. The smallest absolute Gasteiger partial charge is 0.434 e. The molecule has 2 N–H and O–H groups in total. The van der Waals surface area contributed by atoms with Crippen LogP contribution in [-0.4, -0.2) is 52.4 Å². The maximum Gasteiger partial charge on any atom is 0.434 e. The molecule has 1 amide bonds. The third-order valence-electron chi connectivity index (χ3n) is 2.38. The molecule has 104 valence electrons. The van der Waals surface area contributed by atoms with Crippen LogP contribution in [-0.2, 0) is 9.47 Å². The van der Waals surface area contributed by atoms with E-state index in [4.69, 9.17) is 14.6 Å². The van der Waals surface area contributed by atoms with E-state index in [1.807, 2.05) is 6.08 Å². The lowest BCUT2D eigenvalue weighted by atomic mass is 10.2. The van der Waals surface area contributed by atoms with Gasteiger partial charge in [-0.05, 0) is 27.2 Å². The summed E-state index contributed by atoms with van der Waals surface area (Å²) in [6.07, 6.45) is 2.85. The molecule has 0 aromatic heterocycles. The molecular formula is C12H21NO5. The Morgan fingerprint density at radius 3 is 2.72 bits per heavy atom. The van der Waals surface area contributed by atoms with Crippen molar-refractivity contribution < 1.29 is 24.6 Å². The molecule has 2 atom stereocenters. The topological polar surface area (TPSA) is 79.2 Å². The summed E-state index contributed by atoms with van der Waals surface area (Å²) < 4.78 is 10.4. The molecule has 0 saturated heterocycles. The van der Waals surface area contributed by atoms with Gasteiger partial charge >= 0.3 is 6.09 Å². The Hall–Kier alpha value is -1.11. The highest BCUT2D eigenvalue weighted by Gasteiger charge is 2.34. The molecule has 1 aliphatic rings. The van der Waals surface area contributed by atoms with Gasteiger partial charge in [-0.2, -0.15) is 5.06 Å². The number of nitrogens with zero attached hydrogens (tertiary/aromatic N) is 1. The van der Waals surface area contributed by atoms with Crippen molar-refractivity contribution in [3.63, 3.8) is 0 Å². The lowest BCUT2D eigenvalue weighted by Crippen LogP contribution is -2.45. The molecule has 6 nitrogen and oxygen atoms in total. The molecule has 0 aromatic carbocycles. The summed E-state index contributed by atoms with van der Waals surface area (Å²) in [5.41, 5.74) is -0.661. The summed E-state index contributed by atoms with van der Waals surface area (Å²) in [6.45, 7) is 5.24. The summed E-state index contributed by atoms with van der Waals surface area (Å²) in [6, 6.07) is -0.508. The molecule has 18 heavy (non-hydrogen) atoms. The monoisotopic (exact) mass is 259 g/mol. The first-order valence-corrected chi connectivity index (χ1v) is 5.95. The van der Waals surface area contributed by atoms with Gasteiger partial charge in [0.25, 0.3) is 0 Å². The Balaban J connectivity index is 2.55. The van der Waals surface area contributed by atoms with Crippen LogP contribution in [0.25, 0.3) is 0 Å². The molecule has 0 spiro atoms. The van der Waals surface area contributed by atoms with Crippen molar-refractivity contribution in [2.75, 3.05) is 13.2 Å². The Morgan fingerprint density at radius 2 is 2.17 bits per heavy atom. The number of aliphatic hydroxyl groups excluding tert-OH is 1. The second-order valence-electron chi connectivity index (χ2n) is 5.12. The van der Waals surface area contributed by atoms with Crippen LogP contribution < -0.4 is 0 Å². The number of carbonyl (C=O) groups excluding carboxylic acids is 1. The first-order valence-electron chi connectivity index (χ1n) is 5.95. The van der Waals surface area contributed by atoms with E-state index < -0.39 is 23.8 Å². The molecule has 0 bridgehead atoms. The van der Waals surface area contributed by atoms with Gasteiger partial charge in [0.2, 0.25) is 0 Å². The van der Waals surface area contributed by atoms with Crippen LogP contribution in [0.2, 0.25) is 0 Å². The minimum Gasteiger partial charge on any atom is -0.442 e. The van der Waals surface area contributed by atoms with E-state index in [1.54, 1.807) is 26.8 Å². The highest BCUT2D eigenvalue weighted by Crippen LogP contribution is 2.21. The number of carbonyl (C=O) groups is 1. The zero-order valence-corrected chi connectivity index (χ0v) is 11.0.